The number of rotatable bonds is 7. The summed E-state index contributed by atoms with van der Waals surface area (Å²) in [6, 6.07) is 10.8. The van der Waals surface area contributed by atoms with Crippen molar-refractivity contribution in [2.45, 2.75) is 58.3 Å². The molecule has 0 radical (unpaired) electrons. The summed E-state index contributed by atoms with van der Waals surface area (Å²) in [6.07, 6.45) is 5.85. The highest BCUT2D eigenvalue weighted by atomic mass is 16.5. The van der Waals surface area contributed by atoms with Crippen molar-refractivity contribution in [3.63, 3.8) is 0 Å². The van der Waals surface area contributed by atoms with E-state index in [-0.39, 0.29) is 12.1 Å². The third-order valence-electron chi connectivity index (χ3n) is 6.32. The highest BCUT2D eigenvalue weighted by Gasteiger charge is 2.37. The SMILES string of the molecule is CC(Nc1nccc(N2C(C=O)OC[C@@H]2C(C)C)n1)c1ccc(N2CCCCC2)cc1. The lowest BCUT2D eigenvalue weighted by Crippen LogP contribution is -2.41. The number of hydrogen-bond donors (Lipinski definition) is 1. The Morgan fingerprint density at radius 1 is 1.10 bits per heavy atom. The highest BCUT2D eigenvalue weighted by Crippen LogP contribution is 2.29. The van der Waals surface area contributed by atoms with Gasteiger partial charge in [0.1, 0.15) is 5.82 Å². The topological polar surface area (TPSA) is 70.6 Å². The van der Waals surface area contributed by atoms with Crippen LogP contribution in [0.2, 0.25) is 0 Å². The zero-order chi connectivity index (χ0) is 21.8. The number of piperidine rings is 1. The number of carbonyl (C=O) groups excluding carboxylic acids is 1. The average molecular weight is 424 g/mol. The zero-order valence-electron chi connectivity index (χ0n) is 18.7. The Bertz CT molecular complexity index is 867. The van der Waals surface area contributed by atoms with Crippen molar-refractivity contribution < 1.29 is 9.53 Å². The Hall–Kier alpha value is -2.67. The molecule has 7 heteroatoms. The summed E-state index contributed by atoms with van der Waals surface area (Å²) in [6.45, 7) is 9.18. The molecule has 2 saturated heterocycles. The Kier molecular flexibility index (Phi) is 6.70. The standard InChI is InChI=1S/C24H33N5O2/c1-17(2)21-16-31-23(15-30)29(21)22-11-12-25-24(27-22)26-18(3)19-7-9-20(10-8-19)28-13-5-4-6-14-28/h7-12,15,17-18,21,23H,4-6,13-14,16H2,1-3H3,(H,25,26,27)/t18?,21-,23?/m1/s1. The van der Waals surface area contributed by atoms with Crippen LogP contribution in [-0.2, 0) is 9.53 Å². The first kappa shape index (κ1) is 21.6. The molecule has 0 bridgehead atoms. The quantitative estimate of drug-likeness (QED) is 0.674. The Morgan fingerprint density at radius 3 is 2.52 bits per heavy atom. The van der Waals surface area contributed by atoms with Crippen molar-refractivity contribution in [1.82, 2.24) is 9.97 Å². The molecule has 2 aliphatic rings. The first-order chi connectivity index (χ1) is 15.1. The third kappa shape index (κ3) is 4.82. The van der Waals surface area contributed by atoms with Crippen LogP contribution in [0.15, 0.2) is 36.5 Å². The molecular formula is C24H33N5O2. The van der Waals surface area contributed by atoms with Gasteiger partial charge >= 0.3 is 0 Å². The van der Waals surface area contributed by atoms with Gasteiger partial charge in [-0.05, 0) is 55.9 Å². The predicted octanol–water partition coefficient (Wildman–Crippen LogP) is 4.03. The molecule has 3 atom stereocenters. The molecule has 0 aliphatic carbocycles. The second-order valence-corrected chi connectivity index (χ2v) is 8.82. The second-order valence-electron chi connectivity index (χ2n) is 8.82. The van der Waals surface area contributed by atoms with Crippen LogP contribution in [0, 0.1) is 5.92 Å². The maximum absolute atomic E-state index is 11.5. The number of nitrogens with zero attached hydrogens (tertiary/aromatic N) is 4. The molecule has 2 unspecified atom stereocenters. The van der Waals surface area contributed by atoms with Gasteiger partial charge in [-0.1, -0.05) is 26.0 Å². The van der Waals surface area contributed by atoms with E-state index < -0.39 is 6.23 Å². The molecule has 1 aromatic heterocycles. The Labute approximate surface area is 184 Å². The predicted molar refractivity (Wildman–Crippen MR) is 123 cm³/mol. The molecule has 1 N–H and O–H groups in total. The molecule has 2 aromatic rings. The van der Waals surface area contributed by atoms with E-state index in [1.165, 1.54) is 30.5 Å². The van der Waals surface area contributed by atoms with Gasteiger partial charge in [-0.25, -0.2) is 4.98 Å². The Morgan fingerprint density at radius 2 is 1.84 bits per heavy atom. The van der Waals surface area contributed by atoms with Crippen molar-refractivity contribution in [3.05, 3.63) is 42.1 Å². The smallest absolute Gasteiger partial charge is 0.225 e. The monoisotopic (exact) mass is 423 g/mol. The Balaban J connectivity index is 1.46. The summed E-state index contributed by atoms with van der Waals surface area (Å²) in [5.74, 6) is 1.59. The molecule has 2 fully saturated rings. The first-order valence-electron chi connectivity index (χ1n) is 11.4. The normalized spacial score (nSPS) is 22.6. The molecule has 1 aromatic carbocycles. The lowest BCUT2D eigenvalue weighted by molar-refractivity contribution is -0.115. The lowest BCUT2D eigenvalue weighted by atomic mass is 10.0. The van der Waals surface area contributed by atoms with Crippen molar-refractivity contribution in [2.75, 3.05) is 34.8 Å². The number of ether oxygens (including phenoxy) is 1. The minimum absolute atomic E-state index is 0.0586. The van der Waals surface area contributed by atoms with Gasteiger partial charge < -0.3 is 19.9 Å². The number of anilines is 3. The van der Waals surface area contributed by atoms with Gasteiger partial charge in [0.15, 0.2) is 12.5 Å². The summed E-state index contributed by atoms with van der Waals surface area (Å²) in [5.41, 5.74) is 2.48. The summed E-state index contributed by atoms with van der Waals surface area (Å²) < 4.78 is 5.67. The number of benzene rings is 1. The van der Waals surface area contributed by atoms with Gasteiger partial charge in [0, 0.05) is 25.0 Å². The van der Waals surface area contributed by atoms with E-state index in [0.717, 1.165) is 19.4 Å². The number of nitrogens with one attached hydrogen (secondary N) is 1. The maximum atomic E-state index is 11.5. The molecule has 7 nitrogen and oxygen atoms in total. The molecule has 166 valence electrons. The summed E-state index contributed by atoms with van der Waals surface area (Å²) in [4.78, 5) is 25.0. The third-order valence-corrected chi connectivity index (χ3v) is 6.32. The van der Waals surface area contributed by atoms with Gasteiger partial charge in [-0.3, -0.25) is 4.79 Å². The van der Waals surface area contributed by atoms with E-state index in [0.29, 0.717) is 24.3 Å². The second kappa shape index (κ2) is 9.64. The van der Waals surface area contributed by atoms with Gasteiger partial charge in [0.25, 0.3) is 0 Å². The van der Waals surface area contributed by atoms with Gasteiger partial charge in [0.05, 0.1) is 18.7 Å². The molecule has 2 aliphatic heterocycles. The van der Waals surface area contributed by atoms with Crippen LogP contribution < -0.4 is 15.1 Å². The number of aromatic nitrogens is 2. The van der Waals surface area contributed by atoms with Crippen LogP contribution >= 0.6 is 0 Å². The molecule has 3 heterocycles. The van der Waals surface area contributed by atoms with Gasteiger partial charge in [0.2, 0.25) is 5.95 Å². The van der Waals surface area contributed by atoms with Crippen LogP contribution in [0.1, 0.15) is 51.6 Å². The molecule has 0 saturated carbocycles. The minimum Gasteiger partial charge on any atom is -0.372 e. The number of aldehydes is 1. The minimum atomic E-state index is -0.602. The van der Waals surface area contributed by atoms with E-state index >= 15 is 0 Å². The van der Waals surface area contributed by atoms with Gasteiger partial charge in [-0.2, -0.15) is 4.98 Å². The average Bonchev–Trinajstić information content (AvgIpc) is 3.25. The van der Waals surface area contributed by atoms with Crippen molar-refractivity contribution in [3.8, 4) is 0 Å². The fraction of sp³-hybridized carbons (Fsp3) is 0.542. The lowest BCUT2D eigenvalue weighted by Gasteiger charge is -2.29. The molecule has 0 amide bonds. The number of hydrogen-bond acceptors (Lipinski definition) is 7. The molecule has 31 heavy (non-hydrogen) atoms. The highest BCUT2D eigenvalue weighted by molar-refractivity contribution is 5.64. The van der Waals surface area contributed by atoms with Crippen LogP contribution in [-0.4, -0.2) is 48.2 Å². The molecule has 0 spiro atoms. The van der Waals surface area contributed by atoms with Crippen molar-refractivity contribution >= 4 is 23.7 Å². The van der Waals surface area contributed by atoms with E-state index in [2.05, 4.69) is 60.2 Å². The fourth-order valence-electron chi connectivity index (χ4n) is 4.43. The van der Waals surface area contributed by atoms with E-state index in [9.17, 15) is 4.79 Å². The van der Waals surface area contributed by atoms with Crippen LogP contribution in [0.5, 0.6) is 0 Å². The largest absolute Gasteiger partial charge is 0.372 e. The van der Waals surface area contributed by atoms with Crippen LogP contribution in [0.3, 0.4) is 0 Å². The van der Waals surface area contributed by atoms with E-state index in [4.69, 9.17) is 9.72 Å². The van der Waals surface area contributed by atoms with Gasteiger partial charge in [-0.15, -0.1) is 0 Å². The fourth-order valence-corrected chi connectivity index (χ4v) is 4.43. The first-order valence-corrected chi connectivity index (χ1v) is 11.4. The van der Waals surface area contributed by atoms with Crippen molar-refractivity contribution in [1.29, 1.82) is 0 Å². The number of carbonyl (C=O) groups is 1. The zero-order valence-corrected chi connectivity index (χ0v) is 18.7. The van der Waals surface area contributed by atoms with Crippen LogP contribution in [0.4, 0.5) is 17.5 Å². The maximum Gasteiger partial charge on any atom is 0.225 e. The van der Waals surface area contributed by atoms with E-state index in [1.807, 2.05) is 11.0 Å². The van der Waals surface area contributed by atoms with E-state index in [1.54, 1.807) is 6.20 Å². The summed E-state index contributed by atoms with van der Waals surface area (Å²) >= 11 is 0. The van der Waals surface area contributed by atoms with Crippen molar-refractivity contribution in [2.24, 2.45) is 5.92 Å². The van der Waals surface area contributed by atoms with Crippen LogP contribution in [0.25, 0.3) is 0 Å². The summed E-state index contributed by atoms with van der Waals surface area (Å²) in [7, 11) is 0. The molecule has 4 rings (SSSR count). The molecular weight excluding hydrogens is 390 g/mol. The summed E-state index contributed by atoms with van der Waals surface area (Å²) in [5, 5.41) is 3.41.